The predicted octanol–water partition coefficient (Wildman–Crippen LogP) is 6.06. The fourth-order valence-electron chi connectivity index (χ4n) is 2.64. The Hall–Kier alpha value is -2.57. The molecule has 5 nitrogen and oxygen atoms in total. The van der Waals surface area contributed by atoms with E-state index in [4.69, 9.17) is 20.4 Å². The number of halogens is 2. The molecule has 2 aromatic heterocycles. The van der Waals surface area contributed by atoms with E-state index in [1.54, 1.807) is 30.3 Å². The monoisotopic (exact) mass is 430 g/mol. The van der Waals surface area contributed by atoms with Crippen LogP contribution in [0.15, 0.2) is 62.0 Å². The van der Waals surface area contributed by atoms with Gasteiger partial charge in [0.25, 0.3) is 5.91 Å². The number of benzene rings is 2. The summed E-state index contributed by atoms with van der Waals surface area (Å²) in [6.45, 7) is 1.89. The molecule has 2 aromatic carbocycles. The van der Waals surface area contributed by atoms with Crippen molar-refractivity contribution in [2.24, 2.45) is 0 Å². The van der Waals surface area contributed by atoms with Crippen molar-refractivity contribution in [3.05, 3.63) is 69.5 Å². The number of anilines is 1. The second-order valence-electron chi connectivity index (χ2n) is 5.67. The van der Waals surface area contributed by atoms with E-state index in [-0.39, 0.29) is 11.7 Å². The van der Waals surface area contributed by atoms with Gasteiger partial charge in [-0.1, -0.05) is 17.7 Å². The number of carbonyl (C=O) groups excluding carboxylic acids is 1. The second kappa shape index (κ2) is 6.63. The van der Waals surface area contributed by atoms with Crippen LogP contribution in [0.2, 0.25) is 5.02 Å². The van der Waals surface area contributed by atoms with Crippen molar-refractivity contribution in [2.75, 3.05) is 5.32 Å². The highest BCUT2D eigenvalue weighted by atomic mass is 79.9. The first-order valence-corrected chi connectivity index (χ1v) is 8.91. The van der Waals surface area contributed by atoms with Crippen LogP contribution < -0.4 is 5.32 Å². The molecule has 4 rings (SSSR count). The quantitative estimate of drug-likeness (QED) is 0.428. The van der Waals surface area contributed by atoms with Crippen molar-refractivity contribution in [1.29, 1.82) is 0 Å². The minimum absolute atomic E-state index is 0.221. The Kier molecular flexibility index (Phi) is 4.30. The number of fused-ring (bicyclic) bond motifs is 1. The summed E-state index contributed by atoms with van der Waals surface area (Å²) in [6, 6.07) is 14.1. The standard InChI is InChI=1S/C19H12BrClN2O3/c1-10-12(19-23-14-9-11(21)5-6-15(14)26-19)3-2-4-13(10)22-18(24)16-7-8-17(20)25-16/h2-9H,1H3,(H,22,24). The van der Waals surface area contributed by atoms with E-state index >= 15 is 0 Å². The lowest BCUT2D eigenvalue weighted by Gasteiger charge is -2.09. The van der Waals surface area contributed by atoms with Crippen molar-refractivity contribution >= 4 is 50.2 Å². The number of nitrogens with zero attached hydrogens (tertiary/aromatic N) is 1. The molecule has 0 spiro atoms. The minimum atomic E-state index is -0.333. The third-order valence-electron chi connectivity index (χ3n) is 3.96. The molecule has 130 valence electrons. The third kappa shape index (κ3) is 3.13. The van der Waals surface area contributed by atoms with Gasteiger partial charge in [-0.15, -0.1) is 0 Å². The zero-order chi connectivity index (χ0) is 18.3. The molecule has 0 bridgehead atoms. The number of furan rings is 1. The van der Waals surface area contributed by atoms with Crippen molar-refractivity contribution in [1.82, 2.24) is 4.98 Å². The molecule has 0 fully saturated rings. The molecule has 1 amide bonds. The summed E-state index contributed by atoms with van der Waals surface area (Å²) < 4.78 is 11.6. The van der Waals surface area contributed by atoms with E-state index in [1.165, 1.54) is 0 Å². The summed E-state index contributed by atoms with van der Waals surface area (Å²) in [6.07, 6.45) is 0. The van der Waals surface area contributed by atoms with Crippen molar-refractivity contribution in [2.45, 2.75) is 6.92 Å². The SMILES string of the molecule is Cc1c(NC(=O)c2ccc(Br)o2)cccc1-c1nc2cc(Cl)ccc2o1. The number of aromatic nitrogens is 1. The summed E-state index contributed by atoms with van der Waals surface area (Å²) >= 11 is 9.19. The normalized spacial score (nSPS) is 11.0. The number of nitrogens with one attached hydrogen (secondary N) is 1. The molecule has 0 saturated heterocycles. The fraction of sp³-hybridized carbons (Fsp3) is 0.0526. The zero-order valence-electron chi connectivity index (χ0n) is 13.5. The Bertz CT molecular complexity index is 1130. The highest BCUT2D eigenvalue weighted by Crippen LogP contribution is 2.31. The number of rotatable bonds is 3. The maximum Gasteiger partial charge on any atom is 0.291 e. The van der Waals surface area contributed by atoms with E-state index in [0.29, 0.717) is 32.4 Å². The van der Waals surface area contributed by atoms with Gasteiger partial charge in [-0.25, -0.2) is 4.98 Å². The van der Waals surface area contributed by atoms with Crippen LogP contribution in [-0.4, -0.2) is 10.9 Å². The van der Waals surface area contributed by atoms with Crippen LogP contribution in [0.5, 0.6) is 0 Å². The third-order valence-corrected chi connectivity index (χ3v) is 4.62. The number of oxazole rings is 1. The molecule has 26 heavy (non-hydrogen) atoms. The smallest absolute Gasteiger partial charge is 0.291 e. The molecule has 0 radical (unpaired) electrons. The van der Waals surface area contributed by atoms with Gasteiger partial charge in [0.2, 0.25) is 5.89 Å². The van der Waals surface area contributed by atoms with Crippen molar-refractivity contribution in [3.63, 3.8) is 0 Å². The number of hydrogen-bond donors (Lipinski definition) is 1. The molecule has 0 atom stereocenters. The Balaban J connectivity index is 1.69. The average Bonchev–Trinajstić information content (AvgIpc) is 3.22. The van der Waals surface area contributed by atoms with Crippen LogP contribution in [-0.2, 0) is 0 Å². The maximum absolute atomic E-state index is 12.3. The van der Waals surface area contributed by atoms with Gasteiger partial charge in [0.15, 0.2) is 16.0 Å². The lowest BCUT2D eigenvalue weighted by Crippen LogP contribution is -2.12. The van der Waals surface area contributed by atoms with E-state index in [9.17, 15) is 4.79 Å². The van der Waals surface area contributed by atoms with Crippen LogP contribution in [0.4, 0.5) is 5.69 Å². The van der Waals surface area contributed by atoms with Gasteiger partial charge in [0, 0.05) is 16.3 Å². The molecule has 4 aromatic rings. The Morgan fingerprint density at radius 1 is 1.15 bits per heavy atom. The van der Waals surface area contributed by atoms with Crippen LogP contribution in [0.25, 0.3) is 22.6 Å². The number of amides is 1. The highest BCUT2D eigenvalue weighted by Gasteiger charge is 2.16. The number of carbonyl (C=O) groups is 1. The van der Waals surface area contributed by atoms with E-state index < -0.39 is 0 Å². The Morgan fingerprint density at radius 3 is 2.77 bits per heavy atom. The summed E-state index contributed by atoms with van der Waals surface area (Å²) in [4.78, 5) is 16.8. The summed E-state index contributed by atoms with van der Waals surface area (Å²) in [5, 5.41) is 3.45. The molecule has 0 saturated carbocycles. The molecule has 7 heteroatoms. The van der Waals surface area contributed by atoms with Gasteiger partial charge in [0.05, 0.1) is 0 Å². The van der Waals surface area contributed by atoms with Crippen molar-refractivity contribution < 1.29 is 13.6 Å². The average molecular weight is 432 g/mol. The van der Waals surface area contributed by atoms with Gasteiger partial charge >= 0.3 is 0 Å². The van der Waals surface area contributed by atoms with Gasteiger partial charge in [-0.05, 0) is 70.9 Å². The molecule has 1 N–H and O–H groups in total. The molecular formula is C19H12BrClN2O3. The molecule has 2 heterocycles. The van der Waals surface area contributed by atoms with Crippen LogP contribution in [0.3, 0.4) is 0 Å². The summed E-state index contributed by atoms with van der Waals surface area (Å²) in [5.41, 5.74) is 3.61. The maximum atomic E-state index is 12.3. The first kappa shape index (κ1) is 16.9. The minimum Gasteiger partial charge on any atom is -0.444 e. The molecule has 0 unspecified atom stereocenters. The topological polar surface area (TPSA) is 68.3 Å². The zero-order valence-corrected chi connectivity index (χ0v) is 15.9. The Morgan fingerprint density at radius 2 is 2.00 bits per heavy atom. The molecule has 0 aliphatic heterocycles. The number of hydrogen-bond acceptors (Lipinski definition) is 4. The van der Waals surface area contributed by atoms with Crippen LogP contribution >= 0.6 is 27.5 Å². The molecule has 0 aliphatic rings. The van der Waals surface area contributed by atoms with Gasteiger partial charge in [0.1, 0.15) is 5.52 Å². The van der Waals surface area contributed by atoms with Gasteiger partial charge < -0.3 is 14.2 Å². The van der Waals surface area contributed by atoms with Gasteiger partial charge in [-0.2, -0.15) is 0 Å². The van der Waals surface area contributed by atoms with Gasteiger partial charge in [-0.3, -0.25) is 4.79 Å². The summed E-state index contributed by atoms with van der Waals surface area (Å²) in [5.74, 6) is 0.357. The van der Waals surface area contributed by atoms with Crippen molar-refractivity contribution in [3.8, 4) is 11.5 Å². The van der Waals surface area contributed by atoms with E-state index in [1.807, 2.05) is 25.1 Å². The lowest BCUT2D eigenvalue weighted by molar-refractivity contribution is 0.0995. The fourth-order valence-corrected chi connectivity index (χ4v) is 3.11. The molecular weight excluding hydrogens is 420 g/mol. The lowest BCUT2D eigenvalue weighted by atomic mass is 10.1. The Labute approximate surface area is 162 Å². The predicted molar refractivity (Wildman–Crippen MR) is 104 cm³/mol. The highest BCUT2D eigenvalue weighted by molar-refractivity contribution is 9.10. The first-order chi connectivity index (χ1) is 12.5. The van der Waals surface area contributed by atoms with Crippen LogP contribution in [0.1, 0.15) is 16.1 Å². The summed E-state index contributed by atoms with van der Waals surface area (Å²) in [7, 11) is 0. The van der Waals surface area contributed by atoms with Crippen LogP contribution in [0, 0.1) is 6.92 Å². The van der Waals surface area contributed by atoms with E-state index in [0.717, 1.165) is 11.1 Å². The molecule has 0 aliphatic carbocycles. The largest absolute Gasteiger partial charge is 0.444 e. The second-order valence-corrected chi connectivity index (χ2v) is 6.89. The first-order valence-electron chi connectivity index (χ1n) is 7.74. The van der Waals surface area contributed by atoms with E-state index in [2.05, 4.69) is 26.2 Å².